The summed E-state index contributed by atoms with van der Waals surface area (Å²) in [6, 6.07) is 38.8. The molecule has 0 saturated carbocycles. The average Bonchev–Trinajstić information content (AvgIpc) is 3.45. The van der Waals surface area contributed by atoms with Crippen molar-refractivity contribution >= 4 is 55.8 Å². The first kappa shape index (κ1) is 60.9. The van der Waals surface area contributed by atoms with Gasteiger partial charge in [0.1, 0.15) is 5.69 Å². The molecule has 0 amide bonds. The van der Waals surface area contributed by atoms with E-state index in [2.05, 4.69) is 98.7 Å². The van der Waals surface area contributed by atoms with E-state index in [4.69, 9.17) is 19.9 Å². The zero-order valence-corrected chi connectivity index (χ0v) is 46.2. The molecule has 0 aromatic heterocycles. The monoisotopic (exact) mass is 1150 g/mol. The number of ether oxygens (including phenoxy) is 3. The third-order valence-electron chi connectivity index (χ3n) is 13.3. The van der Waals surface area contributed by atoms with Crippen molar-refractivity contribution in [3.63, 3.8) is 0 Å². The lowest BCUT2D eigenvalue weighted by Gasteiger charge is -2.30. The Morgan fingerprint density at radius 1 is 0.582 bits per heavy atom. The molecule has 6 aromatic carbocycles. The van der Waals surface area contributed by atoms with Crippen LogP contribution in [0.25, 0.3) is 0 Å². The second-order valence-corrected chi connectivity index (χ2v) is 19.8. The smallest absolute Gasteiger partial charge is 0.304 e. The van der Waals surface area contributed by atoms with Gasteiger partial charge >= 0.3 is 11.4 Å². The number of anilines is 3. The van der Waals surface area contributed by atoms with Crippen molar-refractivity contribution < 1.29 is 42.6 Å². The molecule has 3 saturated heterocycles. The number of nitrogens with two attached hydrogens (primary N) is 1. The molecule has 420 valence electrons. The van der Waals surface area contributed by atoms with E-state index in [0.717, 1.165) is 74.0 Å². The Kier molecular flexibility index (Phi) is 22.8. The Morgan fingerprint density at radius 2 is 0.962 bits per heavy atom. The Bertz CT molecular complexity index is 3010. The fraction of sp³-hybridized carbons (Fsp3) is 0.351. The van der Waals surface area contributed by atoms with Crippen LogP contribution in [0.1, 0.15) is 82.4 Å². The van der Waals surface area contributed by atoms with Gasteiger partial charge in [0.15, 0.2) is 5.78 Å². The van der Waals surface area contributed by atoms with Crippen LogP contribution in [0.15, 0.2) is 133 Å². The normalized spacial score (nSPS) is 18.4. The van der Waals surface area contributed by atoms with Crippen LogP contribution < -0.4 is 16.4 Å². The van der Waals surface area contributed by atoms with Gasteiger partial charge in [0.05, 0.1) is 69.6 Å². The van der Waals surface area contributed by atoms with E-state index in [0.29, 0.717) is 31.0 Å². The summed E-state index contributed by atoms with van der Waals surface area (Å²) in [4.78, 5) is 47.9. The van der Waals surface area contributed by atoms with Gasteiger partial charge in [-0.2, -0.15) is 8.78 Å². The van der Waals surface area contributed by atoms with Crippen LogP contribution in [-0.2, 0) is 14.2 Å². The number of likely N-dealkylation sites (N-methyl/N-ethyl adjacent to an activating group) is 3. The van der Waals surface area contributed by atoms with Crippen molar-refractivity contribution in [1.29, 1.82) is 0 Å². The lowest BCUT2D eigenvalue weighted by molar-refractivity contribution is -0.387. The number of nitrogens with one attached hydrogen (secondary N) is 2. The highest BCUT2D eigenvalue weighted by Gasteiger charge is 2.26. The van der Waals surface area contributed by atoms with E-state index in [1.165, 1.54) is 29.3 Å². The lowest BCUT2D eigenvalue weighted by atomic mass is 10.0. The van der Waals surface area contributed by atoms with Gasteiger partial charge in [-0.1, -0.05) is 82.7 Å². The number of alkyl halides is 1. The molecule has 3 unspecified atom stereocenters. The van der Waals surface area contributed by atoms with Crippen LogP contribution in [0.2, 0.25) is 0 Å². The molecule has 3 heterocycles. The summed E-state index contributed by atoms with van der Waals surface area (Å²) in [5, 5.41) is 39.0. The maximum atomic E-state index is 13.4. The highest BCUT2D eigenvalue weighted by Crippen LogP contribution is 2.34. The van der Waals surface area contributed by atoms with Crippen LogP contribution in [0, 0.1) is 42.0 Å². The number of nitro groups is 3. The maximum Gasteiger partial charge on any atom is 0.304 e. The number of benzene rings is 6. The zero-order chi connectivity index (χ0) is 57.2. The average molecular weight is 1160 g/mol. The molecular formula is C57H66BrF2N9O10. The molecule has 4 N–H and O–H groups in total. The van der Waals surface area contributed by atoms with Crippen LogP contribution in [0.4, 0.5) is 42.9 Å². The molecule has 3 fully saturated rings. The number of hydrogen-bond acceptors (Lipinski definition) is 16. The van der Waals surface area contributed by atoms with E-state index >= 15 is 0 Å². The van der Waals surface area contributed by atoms with E-state index < -0.39 is 32.9 Å². The SMILES string of the molecule is CN1CCOC(c2ccc([N+](=O)[O-])c(F)c2)C1.C[C@H](Nc1cc(C2CN(C)CCO2)ccc1N)c1ccccc1.C[C@H](Nc1cc(C2CN(C)CCO2)ccc1[N+](=O)[O-])c1ccccc1.O=C(CBr)c1ccc([N+](=O)[O-])c(F)c1. The van der Waals surface area contributed by atoms with E-state index in [1.807, 2.05) is 62.5 Å². The molecule has 6 aromatic rings. The van der Waals surface area contributed by atoms with Gasteiger partial charge < -0.3 is 45.3 Å². The van der Waals surface area contributed by atoms with Crippen molar-refractivity contribution in [2.75, 3.05) is 102 Å². The van der Waals surface area contributed by atoms with Gasteiger partial charge in [-0.3, -0.25) is 35.1 Å². The number of Topliss-reactive ketones (excluding diaryl/α,β-unsaturated/α-hetero) is 1. The molecule has 19 nitrogen and oxygen atoms in total. The highest BCUT2D eigenvalue weighted by atomic mass is 79.9. The number of hydrogen-bond donors (Lipinski definition) is 3. The molecule has 0 radical (unpaired) electrons. The second-order valence-electron chi connectivity index (χ2n) is 19.2. The molecule has 9 rings (SSSR count). The summed E-state index contributed by atoms with van der Waals surface area (Å²) in [7, 11) is 6.14. The molecule has 5 atom stereocenters. The zero-order valence-electron chi connectivity index (χ0n) is 44.6. The number of rotatable bonds is 14. The Balaban J connectivity index is 0.000000174. The molecule has 79 heavy (non-hydrogen) atoms. The molecule has 3 aliphatic heterocycles. The number of morpholine rings is 3. The minimum atomic E-state index is -0.998. The topological polar surface area (TPSA) is 234 Å². The molecule has 0 bridgehead atoms. The summed E-state index contributed by atoms with van der Waals surface area (Å²) in [5.74, 6) is -2.13. The molecular weight excluding hydrogens is 1090 g/mol. The van der Waals surface area contributed by atoms with Crippen molar-refractivity contribution in [2.24, 2.45) is 0 Å². The molecule has 22 heteroatoms. The lowest BCUT2D eigenvalue weighted by Crippen LogP contribution is -2.35. The third kappa shape index (κ3) is 17.9. The standard InChI is InChI=1S/C19H23N3O3.C19H25N3O.C11H13FN2O3.C8H5BrFNO3/c1-14(15-6-4-3-5-7-15)20-17-12-16(8-9-18(17)22(23)24)19-13-21(2)10-11-25-19;1-14(15-6-4-3-5-7-15)21-18-12-16(8-9-17(18)20)19-13-22(2)10-11-23-19;1-13-4-5-17-11(7-13)8-2-3-10(14(15)16)9(12)6-8;9-4-8(12)5-1-2-7(11(13)14)6(10)3-5/h3-9,12,14,19-20H,10-11,13H2,1-2H3;3-9,12,14,19,21H,10-11,13,20H2,1-2H3;2-3,6,11H,4-5,7H2,1H3;1-3H,4H2/t2*14-,19?;;/m00../s1. The van der Waals surface area contributed by atoms with Gasteiger partial charge in [-0.15, -0.1) is 0 Å². The number of carbonyl (C=O) groups excluding carboxylic acids is 1. The van der Waals surface area contributed by atoms with E-state index in [1.54, 1.807) is 18.2 Å². The first-order valence-corrected chi connectivity index (χ1v) is 26.6. The number of ketones is 1. The van der Waals surface area contributed by atoms with Crippen LogP contribution >= 0.6 is 15.9 Å². The number of nitrogens with zero attached hydrogens (tertiary/aromatic N) is 6. The molecule has 3 aliphatic rings. The van der Waals surface area contributed by atoms with Crippen LogP contribution in [-0.4, -0.2) is 121 Å². The van der Waals surface area contributed by atoms with Gasteiger partial charge in [-0.25, -0.2) is 0 Å². The Labute approximate surface area is 466 Å². The molecule has 0 aliphatic carbocycles. The van der Waals surface area contributed by atoms with Crippen LogP contribution in [0.3, 0.4) is 0 Å². The number of nitrogen functional groups attached to an aromatic ring is 1. The summed E-state index contributed by atoms with van der Waals surface area (Å²) >= 11 is 2.92. The number of carbonyl (C=O) groups is 1. The minimum absolute atomic E-state index is 0.0369. The van der Waals surface area contributed by atoms with Gasteiger partial charge in [0, 0.05) is 75.1 Å². The first-order valence-electron chi connectivity index (χ1n) is 25.5. The van der Waals surface area contributed by atoms with Gasteiger partial charge in [0.2, 0.25) is 11.6 Å². The predicted octanol–water partition coefficient (Wildman–Crippen LogP) is 11.3. The Morgan fingerprint density at radius 3 is 1.37 bits per heavy atom. The van der Waals surface area contributed by atoms with E-state index in [-0.39, 0.29) is 57.7 Å². The molecule has 0 spiro atoms. The van der Waals surface area contributed by atoms with Crippen molar-refractivity contribution in [3.05, 3.63) is 209 Å². The Hall–Kier alpha value is -7.31. The number of halogens is 3. The second kappa shape index (κ2) is 29.6. The maximum absolute atomic E-state index is 13.4. The third-order valence-corrected chi connectivity index (χ3v) is 13.8. The van der Waals surface area contributed by atoms with Crippen molar-refractivity contribution in [1.82, 2.24) is 14.7 Å². The summed E-state index contributed by atoms with van der Waals surface area (Å²) < 4.78 is 43.7. The summed E-state index contributed by atoms with van der Waals surface area (Å²) in [6.07, 6.45) is -0.168. The predicted molar refractivity (Wildman–Crippen MR) is 304 cm³/mol. The largest absolute Gasteiger partial charge is 0.397 e. The minimum Gasteiger partial charge on any atom is -0.397 e. The highest BCUT2D eigenvalue weighted by molar-refractivity contribution is 9.09. The van der Waals surface area contributed by atoms with Gasteiger partial charge in [0.25, 0.3) is 5.69 Å². The van der Waals surface area contributed by atoms with Crippen molar-refractivity contribution in [3.8, 4) is 0 Å². The fourth-order valence-corrected chi connectivity index (χ4v) is 9.08. The summed E-state index contributed by atoms with van der Waals surface area (Å²) in [6.45, 7) is 11.3. The summed E-state index contributed by atoms with van der Waals surface area (Å²) in [5.41, 5.74) is 12.6. The fourth-order valence-electron chi connectivity index (χ4n) is 8.76. The van der Waals surface area contributed by atoms with Crippen molar-refractivity contribution in [2.45, 2.75) is 44.2 Å². The van der Waals surface area contributed by atoms with Crippen LogP contribution in [0.5, 0.6) is 0 Å². The van der Waals surface area contributed by atoms with Gasteiger partial charge in [-0.05, 0) is 111 Å². The number of nitro benzene ring substituents is 3. The van der Waals surface area contributed by atoms with E-state index in [9.17, 15) is 43.9 Å². The first-order chi connectivity index (χ1) is 37.8. The quantitative estimate of drug-likeness (QED) is 0.0302.